The Morgan fingerprint density at radius 1 is 1.10 bits per heavy atom. The Balaban J connectivity index is 1.41. The van der Waals surface area contributed by atoms with E-state index in [0.717, 1.165) is 24.8 Å². The SMILES string of the molecule is COc1ccccc1NC(=O)CCCCCN1C(=O)/C(=C/c2ccccc2)SC1=S. The van der Waals surface area contributed by atoms with Crippen LogP contribution in [-0.2, 0) is 9.59 Å². The van der Waals surface area contributed by atoms with E-state index in [0.29, 0.717) is 33.6 Å². The number of rotatable bonds is 9. The number of carbonyl (C=O) groups is 2. The van der Waals surface area contributed by atoms with Crippen molar-refractivity contribution < 1.29 is 14.3 Å². The Morgan fingerprint density at radius 3 is 2.60 bits per heavy atom. The molecule has 0 spiro atoms. The number of carbonyl (C=O) groups excluding carboxylic acids is 2. The second-order valence-corrected chi connectivity index (χ2v) is 8.48. The van der Waals surface area contributed by atoms with Gasteiger partial charge in [-0.1, -0.05) is 72.9 Å². The molecule has 1 saturated heterocycles. The number of ether oxygens (including phenoxy) is 1. The first-order chi connectivity index (χ1) is 14.6. The van der Waals surface area contributed by atoms with E-state index in [-0.39, 0.29) is 11.8 Å². The zero-order chi connectivity index (χ0) is 21.3. The van der Waals surface area contributed by atoms with Crippen LogP contribution < -0.4 is 10.1 Å². The molecule has 2 aromatic rings. The van der Waals surface area contributed by atoms with Gasteiger partial charge < -0.3 is 10.1 Å². The maximum Gasteiger partial charge on any atom is 0.266 e. The topological polar surface area (TPSA) is 58.6 Å². The highest BCUT2D eigenvalue weighted by atomic mass is 32.2. The molecule has 0 bridgehead atoms. The fourth-order valence-electron chi connectivity index (χ4n) is 3.09. The zero-order valence-corrected chi connectivity index (χ0v) is 18.4. The van der Waals surface area contributed by atoms with E-state index < -0.39 is 0 Å². The number of thioether (sulfide) groups is 1. The molecular weight excluding hydrogens is 416 g/mol. The van der Waals surface area contributed by atoms with Gasteiger partial charge in [0.2, 0.25) is 5.91 Å². The van der Waals surface area contributed by atoms with Gasteiger partial charge in [0.25, 0.3) is 5.91 Å². The predicted molar refractivity (Wildman–Crippen MR) is 126 cm³/mol. The summed E-state index contributed by atoms with van der Waals surface area (Å²) in [6.07, 6.45) is 4.68. The molecule has 1 N–H and O–H groups in total. The fourth-order valence-corrected chi connectivity index (χ4v) is 4.39. The van der Waals surface area contributed by atoms with Crippen LogP contribution in [0.5, 0.6) is 5.75 Å². The first-order valence-electron chi connectivity index (χ1n) is 9.82. The molecule has 0 radical (unpaired) electrons. The molecule has 1 heterocycles. The van der Waals surface area contributed by atoms with Crippen LogP contribution in [0.25, 0.3) is 6.08 Å². The van der Waals surface area contributed by atoms with Crippen LogP contribution in [0.15, 0.2) is 59.5 Å². The molecule has 0 aliphatic carbocycles. The molecule has 5 nitrogen and oxygen atoms in total. The first kappa shape index (κ1) is 22.1. The third kappa shape index (κ3) is 5.93. The highest BCUT2D eigenvalue weighted by Crippen LogP contribution is 2.32. The highest BCUT2D eigenvalue weighted by Gasteiger charge is 2.31. The molecule has 3 rings (SSSR count). The lowest BCUT2D eigenvalue weighted by Gasteiger charge is -2.14. The van der Waals surface area contributed by atoms with E-state index in [1.807, 2.05) is 60.7 Å². The van der Waals surface area contributed by atoms with Gasteiger partial charge >= 0.3 is 0 Å². The Kier molecular flexibility index (Phi) is 8.04. The number of unbranched alkanes of at least 4 members (excludes halogenated alkanes) is 2. The summed E-state index contributed by atoms with van der Waals surface area (Å²) >= 11 is 6.72. The Bertz CT molecular complexity index is 944. The van der Waals surface area contributed by atoms with Gasteiger partial charge in [-0.3, -0.25) is 14.5 Å². The predicted octanol–water partition coefficient (Wildman–Crippen LogP) is 5.10. The summed E-state index contributed by atoms with van der Waals surface area (Å²) in [6.45, 7) is 0.574. The summed E-state index contributed by atoms with van der Waals surface area (Å²) in [5, 5.41) is 2.88. The smallest absolute Gasteiger partial charge is 0.266 e. The second-order valence-electron chi connectivity index (χ2n) is 6.80. The van der Waals surface area contributed by atoms with Gasteiger partial charge in [-0.05, 0) is 36.6 Å². The summed E-state index contributed by atoms with van der Waals surface area (Å²) in [5.41, 5.74) is 1.66. The summed E-state index contributed by atoms with van der Waals surface area (Å²) in [4.78, 5) is 27.1. The number of hydrogen-bond donors (Lipinski definition) is 1. The third-order valence-corrected chi connectivity index (χ3v) is 6.02. The van der Waals surface area contributed by atoms with Gasteiger partial charge in [0.1, 0.15) is 10.1 Å². The number of para-hydroxylation sites is 2. The van der Waals surface area contributed by atoms with E-state index in [1.165, 1.54) is 11.8 Å². The lowest BCUT2D eigenvalue weighted by molar-refractivity contribution is -0.122. The number of nitrogens with one attached hydrogen (secondary N) is 1. The summed E-state index contributed by atoms with van der Waals surface area (Å²) < 4.78 is 5.84. The van der Waals surface area contributed by atoms with Gasteiger partial charge in [0, 0.05) is 13.0 Å². The average Bonchev–Trinajstić information content (AvgIpc) is 3.01. The Morgan fingerprint density at radius 2 is 1.83 bits per heavy atom. The van der Waals surface area contributed by atoms with Gasteiger partial charge in [-0.15, -0.1) is 0 Å². The Hall–Kier alpha value is -2.64. The summed E-state index contributed by atoms with van der Waals surface area (Å²) in [7, 11) is 1.58. The lowest BCUT2D eigenvalue weighted by Crippen LogP contribution is -2.29. The van der Waals surface area contributed by atoms with Crippen molar-refractivity contribution in [1.29, 1.82) is 0 Å². The number of amides is 2. The van der Waals surface area contributed by atoms with Crippen molar-refractivity contribution in [2.45, 2.75) is 25.7 Å². The van der Waals surface area contributed by atoms with Crippen LogP contribution in [0.2, 0.25) is 0 Å². The van der Waals surface area contributed by atoms with Gasteiger partial charge in [0.15, 0.2) is 0 Å². The molecule has 0 aromatic heterocycles. The minimum absolute atomic E-state index is 0.0391. The molecule has 1 fully saturated rings. The van der Waals surface area contributed by atoms with Crippen LogP contribution in [0.3, 0.4) is 0 Å². The molecule has 0 atom stereocenters. The van der Waals surface area contributed by atoms with Crippen molar-refractivity contribution in [1.82, 2.24) is 4.90 Å². The second kappa shape index (κ2) is 10.9. The fraction of sp³-hybridized carbons (Fsp3) is 0.261. The van der Waals surface area contributed by atoms with Crippen LogP contribution in [-0.4, -0.2) is 34.7 Å². The van der Waals surface area contributed by atoms with E-state index in [2.05, 4.69) is 5.32 Å². The van der Waals surface area contributed by atoms with Crippen molar-refractivity contribution in [3.8, 4) is 5.75 Å². The molecule has 0 unspecified atom stereocenters. The molecule has 1 aliphatic heterocycles. The average molecular weight is 441 g/mol. The molecule has 2 aromatic carbocycles. The maximum absolute atomic E-state index is 12.6. The minimum Gasteiger partial charge on any atom is -0.495 e. The zero-order valence-electron chi connectivity index (χ0n) is 16.8. The number of anilines is 1. The van der Waals surface area contributed by atoms with Gasteiger partial charge in [-0.2, -0.15) is 0 Å². The van der Waals surface area contributed by atoms with Crippen molar-refractivity contribution in [3.05, 3.63) is 65.1 Å². The quantitative estimate of drug-likeness (QED) is 0.334. The van der Waals surface area contributed by atoms with E-state index in [1.54, 1.807) is 12.0 Å². The molecule has 0 saturated carbocycles. The van der Waals surface area contributed by atoms with Crippen LogP contribution in [0, 0.1) is 0 Å². The molecular formula is C23H24N2O3S2. The molecule has 30 heavy (non-hydrogen) atoms. The molecule has 7 heteroatoms. The maximum atomic E-state index is 12.6. The third-order valence-electron chi connectivity index (χ3n) is 4.64. The molecule has 2 amide bonds. The normalized spacial score (nSPS) is 15.0. The number of benzene rings is 2. The van der Waals surface area contributed by atoms with Gasteiger partial charge in [-0.25, -0.2) is 0 Å². The van der Waals surface area contributed by atoms with Crippen LogP contribution in [0.1, 0.15) is 31.2 Å². The number of thiocarbonyl (C=S) groups is 1. The lowest BCUT2D eigenvalue weighted by atomic mass is 10.1. The largest absolute Gasteiger partial charge is 0.495 e. The molecule has 1 aliphatic rings. The van der Waals surface area contributed by atoms with Crippen molar-refractivity contribution in [2.24, 2.45) is 0 Å². The first-order valence-corrected chi connectivity index (χ1v) is 11.0. The van der Waals surface area contributed by atoms with Crippen molar-refractivity contribution >= 4 is 51.9 Å². The standard InChI is InChI=1S/C23H24N2O3S2/c1-28-19-13-8-7-12-18(19)24-21(26)14-6-3-9-15-25-22(27)20(30-23(25)29)16-17-10-4-2-5-11-17/h2,4-5,7-8,10-13,16H,3,6,9,14-15H2,1H3,(H,24,26)/b20-16-. The monoisotopic (exact) mass is 440 g/mol. The summed E-state index contributed by atoms with van der Waals surface area (Å²) in [5.74, 6) is 0.558. The van der Waals surface area contributed by atoms with E-state index in [9.17, 15) is 9.59 Å². The van der Waals surface area contributed by atoms with Gasteiger partial charge in [0.05, 0.1) is 17.7 Å². The summed E-state index contributed by atoms with van der Waals surface area (Å²) in [6, 6.07) is 17.1. The van der Waals surface area contributed by atoms with Crippen LogP contribution >= 0.6 is 24.0 Å². The van der Waals surface area contributed by atoms with E-state index in [4.69, 9.17) is 17.0 Å². The number of nitrogens with zero attached hydrogens (tertiary/aromatic N) is 1. The van der Waals surface area contributed by atoms with Crippen molar-refractivity contribution in [2.75, 3.05) is 19.0 Å². The highest BCUT2D eigenvalue weighted by molar-refractivity contribution is 8.26. The Labute approximate surface area is 186 Å². The number of methoxy groups -OCH3 is 1. The minimum atomic E-state index is -0.0455. The van der Waals surface area contributed by atoms with Crippen LogP contribution in [0.4, 0.5) is 5.69 Å². The number of hydrogen-bond acceptors (Lipinski definition) is 5. The molecule has 156 valence electrons. The van der Waals surface area contributed by atoms with E-state index >= 15 is 0 Å². The van der Waals surface area contributed by atoms with Crippen molar-refractivity contribution in [3.63, 3.8) is 0 Å².